The van der Waals surface area contributed by atoms with Crippen LogP contribution in [0.2, 0.25) is 0 Å². The maximum absolute atomic E-state index is 11.8. The second kappa shape index (κ2) is 5.17. The van der Waals surface area contributed by atoms with Crippen LogP contribution in [-0.2, 0) is 6.54 Å². The van der Waals surface area contributed by atoms with Crippen LogP contribution >= 0.6 is 15.9 Å². The predicted molar refractivity (Wildman–Crippen MR) is 73.8 cm³/mol. The van der Waals surface area contributed by atoms with E-state index >= 15 is 0 Å². The van der Waals surface area contributed by atoms with Crippen molar-refractivity contribution in [2.24, 2.45) is 0 Å². The molecule has 98 valence electrons. The van der Waals surface area contributed by atoms with E-state index in [4.69, 9.17) is 4.42 Å². The maximum atomic E-state index is 11.8. The number of amides is 1. The fraction of sp³-hybridized carbons (Fsp3) is 0.286. The van der Waals surface area contributed by atoms with E-state index in [1.165, 1.54) is 12.8 Å². The average Bonchev–Trinajstić information content (AvgIpc) is 3.19. The highest BCUT2D eigenvalue weighted by atomic mass is 79.9. The van der Waals surface area contributed by atoms with Crippen LogP contribution in [0.4, 0.5) is 0 Å². The lowest BCUT2D eigenvalue weighted by Crippen LogP contribution is -2.22. The zero-order valence-electron chi connectivity index (χ0n) is 10.2. The Morgan fingerprint density at radius 2 is 2.21 bits per heavy atom. The number of hydrogen-bond donors (Lipinski definition) is 1. The molecule has 0 spiro atoms. The van der Waals surface area contributed by atoms with Crippen LogP contribution in [0.1, 0.15) is 40.6 Å². The third-order valence-electron chi connectivity index (χ3n) is 3.09. The summed E-state index contributed by atoms with van der Waals surface area (Å²) in [4.78, 5) is 16.2. The molecule has 0 bridgehead atoms. The summed E-state index contributed by atoms with van der Waals surface area (Å²) in [6.45, 7) is 0.453. The molecule has 1 aliphatic rings. The molecule has 0 aromatic carbocycles. The molecule has 0 unspecified atom stereocenters. The average molecular weight is 321 g/mol. The fourth-order valence-corrected chi connectivity index (χ4v) is 2.17. The molecular weight excluding hydrogens is 308 g/mol. The largest absolute Gasteiger partial charge is 0.444 e. The molecule has 1 saturated carbocycles. The van der Waals surface area contributed by atoms with E-state index in [0.717, 1.165) is 11.3 Å². The molecule has 0 saturated heterocycles. The molecule has 2 aromatic heterocycles. The minimum absolute atomic E-state index is 0.225. The molecule has 1 amide bonds. The normalized spacial score (nSPS) is 14.4. The quantitative estimate of drug-likeness (QED) is 0.940. The molecule has 19 heavy (non-hydrogen) atoms. The number of nitrogens with one attached hydrogen (secondary N) is 1. The van der Waals surface area contributed by atoms with Crippen molar-refractivity contribution in [3.63, 3.8) is 0 Å². The Morgan fingerprint density at radius 1 is 1.37 bits per heavy atom. The fourth-order valence-electron chi connectivity index (χ4n) is 1.87. The van der Waals surface area contributed by atoms with Crippen molar-refractivity contribution in [1.82, 2.24) is 10.3 Å². The van der Waals surface area contributed by atoms with Crippen LogP contribution < -0.4 is 5.32 Å². The van der Waals surface area contributed by atoms with E-state index < -0.39 is 0 Å². The highest BCUT2D eigenvalue weighted by molar-refractivity contribution is 9.10. The summed E-state index contributed by atoms with van der Waals surface area (Å²) in [5.74, 6) is 0.732. The summed E-state index contributed by atoms with van der Waals surface area (Å²) in [6, 6.07) is 7.39. The summed E-state index contributed by atoms with van der Waals surface area (Å²) in [5.41, 5.74) is 2.15. The van der Waals surface area contributed by atoms with E-state index in [1.54, 1.807) is 12.1 Å². The van der Waals surface area contributed by atoms with Crippen LogP contribution in [0.25, 0.3) is 0 Å². The summed E-state index contributed by atoms with van der Waals surface area (Å²) in [6.07, 6.45) is 4.32. The van der Waals surface area contributed by atoms with Gasteiger partial charge in [0.25, 0.3) is 5.91 Å². The number of carbonyl (C=O) groups is 1. The van der Waals surface area contributed by atoms with Gasteiger partial charge in [-0.2, -0.15) is 0 Å². The SMILES string of the molecule is O=C(NCc1ccc(C2CC2)nc1)c1ccc(Br)o1. The Kier molecular flexibility index (Phi) is 3.38. The van der Waals surface area contributed by atoms with Crippen molar-refractivity contribution < 1.29 is 9.21 Å². The van der Waals surface area contributed by atoms with Crippen LogP contribution in [0.3, 0.4) is 0 Å². The van der Waals surface area contributed by atoms with E-state index in [9.17, 15) is 4.79 Å². The Balaban J connectivity index is 1.57. The predicted octanol–water partition coefficient (Wildman–Crippen LogP) is 3.24. The summed E-state index contributed by atoms with van der Waals surface area (Å²) in [5, 5.41) is 2.80. The molecule has 1 fully saturated rings. The first-order valence-electron chi connectivity index (χ1n) is 6.21. The minimum atomic E-state index is -0.225. The lowest BCUT2D eigenvalue weighted by Gasteiger charge is -2.04. The van der Waals surface area contributed by atoms with Gasteiger partial charge in [0.1, 0.15) is 0 Å². The van der Waals surface area contributed by atoms with Gasteiger partial charge in [-0.05, 0) is 52.5 Å². The van der Waals surface area contributed by atoms with Crippen molar-refractivity contribution in [2.75, 3.05) is 0 Å². The molecule has 1 N–H and O–H groups in total. The monoisotopic (exact) mass is 320 g/mol. The third kappa shape index (κ3) is 3.04. The van der Waals surface area contributed by atoms with Crippen molar-refractivity contribution in [2.45, 2.75) is 25.3 Å². The van der Waals surface area contributed by atoms with Gasteiger partial charge in [0.15, 0.2) is 10.4 Å². The highest BCUT2D eigenvalue weighted by Gasteiger charge is 2.24. The van der Waals surface area contributed by atoms with Gasteiger partial charge in [-0.25, -0.2) is 0 Å². The molecule has 4 nitrogen and oxygen atoms in total. The Hall–Kier alpha value is -1.62. The van der Waals surface area contributed by atoms with Crippen LogP contribution in [0.5, 0.6) is 0 Å². The molecular formula is C14H13BrN2O2. The molecule has 2 heterocycles. The summed E-state index contributed by atoms with van der Waals surface area (Å²) >= 11 is 3.17. The topological polar surface area (TPSA) is 55.1 Å². The molecule has 1 aliphatic carbocycles. The van der Waals surface area contributed by atoms with Gasteiger partial charge in [-0.1, -0.05) is 6.07 Å². The molecule has 5 heteroatoms. The molecule has 0 atom stereocenters. The van der Waals surface area contributed by atoms with Gasteiger partial charge in [-0.15, -0.1) is 0 Å². The standard InChI is InChI=1S/C14H13BrN2O2/c15-13-6-5-12(19-13)14(18)17-8-9-1-4-11(16-7-9)10-2-3-10/h1,4-7,10H,2-3,8H2,(H,17,18). The van der Waals surface area contributed by atoms with E-state index in [-0.39, 0.29) is 5.91 Å². The van der Waals surface area contributed by atoms with Crippen LogP contribution in [-0.4, -0.2) is 10.9 Å². The second-order valence-electron chi connectivity index (χ2n) is 4.65. The number of nitrogens with zero attached hydrogens (tertiary/aromatic N) is 1. The number of rotatable bonds is 4. The van der Waals surface area contributed by atoms with E-state index in [1.807, 2.05) is 18.3 Å². The van der Waals surface area contributed by atoms with Crippen molar-refractivity contribution >= 4 is 21.8 Å². The van der Waals surface area contributed by atoms with E-state index in [0.29, 0.717) is 22.9 Å². The summed E-state index contributed by atoms with van der Waals surface area (Å²) in [7, 11) is 0. The minimum Gasteiger partial charge on any atom is -0.444 e. The van der Waals surface area contributed by atoms with Gasteiger partial charge in [-0.3, -0.25) is 9.78 Å². The lowest BCUT2D eigenvalue weighted by molar-refractivity contribution is 0.0922. The van der Waals surface area contributed by atoms with Crippen LogP contribution in [0.15, 0.2) is 39.5 Å². The Bertz CT molecular complexity index is 588. The van der Waals surface area contributed by atoms with E-state index in [2.05, 4.69) is 26.2 Å². The highest BCUT2D eigenvalue weighted by Crippen LogP contribution is 2.38. The maximum Gasteiger partial charge on any atom is 0.287 e. The van der Waals surface area contributed by atoms with Gasteiger partial charge in [0, 0.05) is 24.4 Å². The lowest BCUT2D eigenvalue weighted by atomic mass is 10.2. The first-order valence-corrected chi connectivity index (χ1v) is 7.00. The van der Waals surface area contributed by atoms with Crippen molar-refractivity contribution in [1.29, 1.82) is 0 Å². The van der Waals surface area contributed by atoms with Crippen molar-refractivity contribution in [3.05, 3.63) is 52.1 Å². The number of halogens is 1. The first kappa shape index (κ1) is 12.4. The van der Waals surface area contributed by atoms with Gasteiger partial charge < -0.3 is 9.73 Å². The van der Waals surface area contributed by atoms with Gasteiger partial charge >= 0.3 is 0 Å². The number of carbonyl (C=O) groups excluding carboxylic acids is 1. The summed E-state index contributed by atoms with van der Waals surface area (Å²) < 4.78 is 5.73. The Morgan fingerprint density at radius 3 is 2.79 bits per heavy atom. The van der Waals surface area contributed by atoms with Crippen LogP contribution in [0, 0.1) is 0 Å². The van der Waals surface area contributed by atoms with Gasteiger partial charge in [0.2, 0.25) is 0 Å². The zero-order valence-corrected chi connectivity index (χ0v) is 11.8. The second-order valence-corrected chi connectivity index (χ2v) is 5.43. The molecule has 2 aromatic rings. The molecule has 0 aliphatic heterocycles. The first-order chi connectivity index (χ1) is 9.22. The van der Waals surface area contributed by atoms with Crippen molar-refractivity contribution in [3.8, 4) is 0 Å². The number of pyridine rings is 1. The number of hydrogen-bond acceptors (Lipinski definition) is 3. The Labute approximate surface area is 119 Å². The molecule has 3 rings (SSSR count). The smallest absolute Gasteiger partial charge is 0.287 e. The zero-order chi connectivity index (χ0) is 13.2. The molecule has 0 radical (unpaired) electrons. The number of aromatic nitrogens is 1. The third-order valence-corrected chi connectivity index (χ3v) is 3.52. The number of furan rings is 1. The van der Waals surface area contributed by atoms with Gasteiger partial charge in [0.05, 0.1) is 0 Å².